The van der Waals surface area contributed by atoms with Crippen LogP contribution in [0.25, 0.3) is 10.2 Å². The van der Waals surface area contributed by atoms with Gasteiger partial charge < -0.3 is 4.74 Å². The molecule has 106 valence electrons. The first kappa shape index (κ1) is 13.5. The molecule has 0 spiro atoms. The molecule has 1 saturated heterocycles. The molecule has 1 amide bonds. The molecule has 1 fully saturated rings. The number of rotatable bonds is 3. The van der Waals surface area contributed by atoms with Gasteiger partial charge in [0.2, 0.25) is 5.91 Å². The van der Waals surface area contributed by atoms with Crippen molar-refractivity contribution in [2.75, 3.05) is 18.1 Å². The van der Waals surface area contributed by atoms with E-state index in [1.807, 2.05) is 12.1 Å². The fourth-order valence-corrected chi connectivity index (χ4v) is 3.59. The van der Waals surface area contributed by atoms with Gasteiger partial charge >= 0.3 is 0 Å². The van der Waals surface area contributed by atoms with Crippen LogP contribution in [0.15, 0.2) is 18.2 Å². The van der Waals surface area contributed by atoms with Crippen LogP contribution in [-0.2, 0) is 9.53 Å². The van der Waals surface area contributed by atoms with Crippen LogP contribution in [0.2, 0.25) is 0 Å². The predicted octanol–water partition coefficient (Wildman–Crippen LogP) is 3.14. The highest BCUT2D eigenvalue weighted by Crippen LogP contribution is 2.30. The lowest BCUT2D eigenvalue weighted by Crippen LogP contribution is -2.35. The third-order valence-electron chi connectivity index (χ3n) is 3.55. The van der Waals surface area contributed by atoms with Crippen molar-refractivity contribution in [2.24, 2.45) is 0 Å². The molecular formula is C15H18N2O2S. The van der Waals surface area contributed by atoms with Crippen LogP contribution in [0.5, 0.6) is 0 Å². The van der Waals surface area contributed by atoms with Gasteiger partial charge in [0.1, 0.15) is 0 Å². The number of aryl methyl sites for hydroxylation is 1. The number of benzene rings is 1. The molecular weight excluding hydrogens is 272 g/mol. The van der Waals surface area contributed by atoms with Gasteiger partial charge in [0.15, 0.2) is 5.13 Å². The highest BCUT2D eigenvalue weighted by Gasteiger charge is 2.24. The molecule has 20 heavy (non-hydrogen) atoms. The van der Waals surface area contributed by atoms with Gasteiger partial charge in [-0.15, -0.1) is 0 Å². The van der Waals surface area contributed by atoms with Crippen molar-refractivity contribution in [1.29, 1.82) is 0 Å². The Morgan fingerprint density at radius 1 is 1.55 bits per heavy atom. The topological polar surface area (TPSA) is 42.4 Å². The first-order chi connectivity index (χ1) is 9.63. The highest BCUT2D eigenvalue weighted by atomic mass is 32.1. The number of amides is 1. The maximum atomic E-state index is 11.9. The number of fused-ring (bicyclic) bond motifs is 1. The van der Waals surface area contributed by atoms with Gasteiger partial charge in [0.05, 0.1) is 22.9 Å². The molecule has 0 unspecified atom stereocenters. The summed E-state index contributed by atoms with van der Waals surface area (Å²) in [7, 11) is 0. The summed E-state index contributed by atoms with van der Waals surface area (Å²) in [6.45, 7) is 5.06. The minimum atomic E-state index is 0.0243. The van der Waals surface area contributed by atoms with E-state index in [0.717, 1.165) is 34.8 Å². The average molecular weight is 290 g/mol. The van der Waals surface area contributed by atoms with Crippen LogP contribution in [0.1, 0.15) is 25.3 Å². The van der Waals surface area contributed by atoms with Crippen molar-refractivity contribution in [3.63, 3.8) is 0 Å². The summed E-state index contributed by atoms with van der Waals surface area (Å²) in [4.78, 5) is 18.2. The Balaban J connectivity index is 1.90. The lowest BCUT2D eigenvalue weighted by atomic mass is 10.2. The summed E-state index contributed by atoms with van der Waals surface area (Å²) in [5, 5.41) is 0.772. The van der Waals surface area contributed by atoms with Crippen LogP contribution in [0, 0.1) is 6.92 Å². The van der Waals surface area contributed by atoms with E-state index in [1.54, 1.807) is 23.2 Å². The number of hydrogen-bond donors (Lipinski definition) is 0. The van der Waals surface area contributed by atoms with Crippen molar-refractivity contribution in [1.82, 2.24) is 4.98 Å². The van der Waals surface area contributed by atoms with Crippen molar-refractivity contribution in [3.05, 3.63) is 23.8 Å². The molecule has 0 N–H and O–H groups in total. The van der Waals surface area contributed by atoms with Gasteiger partial charge in [-0.25, -0.2) is 4.98 Å². The molecule has 0 bridgehead atoms. The van der Waals surface area contributed by atoms with E-state index in [2.05, 4.69) is 18.0 Å². The third-order valence-corrected chi connectivity index (χ3v) is 4.60. The second kappa shape index (κ2) is 5.50. The first-order valence-electron chi connectivity index (χ1n) is 6.90. The van der Waals surface area contributed by atoms with Crippen LogP contribution < -0.4 is 4.90 Å². The van der Waals surface area contributed by atoms with E-state index >= 15 is 0 Å². The number of nitrogens with zero attached hydrogens (tertiary/aromatic N) is 2. The van der Waals surface area contributed by atoms with Gasteiger partial charge in [-0.05, 0) is 37.5 Å². The zero-order valence-corrected chi connectivity index (χ0v) is 12.6. The molecule has 1 aromatic carbocycles. The van der Waals surface area contributed by atoms with Crippen LogP contribution in [-0.4, -0.2) is 30.1 Å². The maximum Gasteiger partial charge on any atom is 0.225 e. The fraction of sp³-hybridized carbons (Fsp3) is 0.467. The van der Waals surface area contributed by atoms with E-state index < -0.39 is 0 Å². The maximum absolute atomic E-state index is 11.9. The van der Waals surface area contributed by atoms with Crippen LogP contribution >= 0.6 is 11.3 Å². The molecule has 1 aliphatic rings. The molecule has 2 aromatic rings. The lowest BCUT2D eigenvalue weighted by Gasteiger charge is -2.21. The summed E-state index contributed by atoms with van der Waals surface area (Å²) in [6, 6.07) is 6.17. The van der Waals surface area contributed by atoms with Crippen molar-refractivity contribution >= 4 is 32.6 Å². The Morgan fingerprint density at radius 2 is 2.40 bits per heavy atom. The van der Waals surface area contributed by atoms with Crippen molar-refractivity contribution < 1.29 is 9.53 Å². The van der Waals surface area contributed by atoms with Crippen molar-refractivity contribution in [2.45, 2.75) is 32.8 Å². The van der Waals surface area contributed by atoms with Gasteiger partial charge in [-0.3, -0.25) is 9.69 Å². The molecule has 2 heterocycles. The number of carbonyl (C=O) groups is 1. The molecule has 1 aromatic heterocycles. The summed E-state index contributed by atoms with van der Waals surface area (Å²) >= 11 is 1.57. The first-order valence-corrected chi connectivity index (χ1v) is 7.72. The van der Waals surface area contributed by atoms with Gasteiger partial charge in [-0.1, -0.05) is 17.4 Å². The van der Waals surface area contributed by atoms with Gasteiger partial charge in [0, 0.05) is 13.5 Å². The Kier molecular flexibility index (Phi) is 3.72. The largest absolute Gasteiger partial charge is 0.376 e. The Hall–Kier alpha value is -1.46. The SMILES string of the molecule is CC(=O)N(C[C@@H]1CCCO1)c1nc2ccc(C)cc2s1. The molecule has 1 aliphatic heterocycles. The summed E-state index contributed by atoms with van der Waals surface area (Å²) in [6.07, 6.45) is 2.25. The Bertz CT molecular complexity index is 632. The number of anilines is 1. The zero-order valence-electron chi connectivity index (χ0n) is 11.8. The summed E-state index contributed by atoms with van der Waals surface area (Å²) < 4.78 is 6.75. The number of ether oxygens (including phenoxy) is 1. The number of carbonyl (C=O) groups excluding carboxylic acids is 1. The minimum absolute atomic E-state index is 0.0243. The molecule has 0 aliphatic carbocycles. The predicted molar refractivity (Wildman–Crippen MR) is 81.4 cm³/mol. The average Bonchev–Trinajstić information content (AvgIpc) is 3.03. The third kappa shape index (κ3) is 2.69. The summed E-state index contributed by atoms with van der Waals surface area (Å²) in [5.41, 5.74) is 2.16. The van der Waals surface area contributed by atoms with Crippen LogP contribution in [0.4, 0.5) is 5.13 Å². The fourth-order valence-electron chi connectivity index (χ4n) is 2.47. The molecule has 3 rings (SSSR count). The molecule has 0 radical (unpaired) electrons. The quantitative estimate of drug-likeness (QED) is 0.872. The van der Waals surface area contributed by atoms with E-state index in [1.165, 1.54) is 5.56 Å². The Labute approximate surface area is 122 Å². The van der Waals surface area contributed by atoms with E-state index in [-0.39, 0.29) is 12.0 Å². The van der Waals surface area contributed by atoms with Crippen LogP contribution in [0.3, 0.4) is 0 Å². The van der Waals surface area contributed by atoms with E-state index in [0.29, 0.717) is 6.54 Å². The minimum Gasteiger partial charge on any atom is -0.376 e. The molecule has 5 heteroatoms. The second-order valence-electron chi connectivity index (χ2n) is 5.23. The number of thiazole rings is 1. The Morgan fingerprint density at radius 3 is 3.10 bits per heavy atom. The van der Waals surface area contributed by atoms with E-state index in [9.17, 15) is 4.79 Å². The molecule has 1 atom stereocenters. The molecule has 0 saturated carbocycles. The standard InChI is InChI=1S/C15H18N2O2S/c1-10-5-6-13-14(8-10)20-15(16-13)17(11(2)18)9-12-4-3-7-19-12/h5-6,8,12H,3-4,7,9H2,1-2H3/t12-/m0/s1. The van der Waals surface area contributed by atoms with Gasteiger partial charge in [0.25, 0.3) is 0 Å². The lowest BCUT2D eigenvalue weighted by molar-refractivity contribution is -0.116. The normalized spacial score (nSPS) is 18.6. The number of hydrogen-bond acceptors (Lipinski definition) is 4. The van der Waals surface area contributed by atoms with Gasteiger partial charge in [-0.2, -0.15) is 0 Å². The highest BCUT2D eigenvalue weighted by molar-refractivity contribution is 7.22. The molecule has 4 nitrogen and oxygen atoms in total. The second-order valence-corrected chi connectivity index (χ2v) is 6.24. The van der Waals surface area contributed by atoms with Crippen molar-refractivity contribution in [3.8, 4) is 0 Å². The zero-order chi connectivity index (χ0) is 14.1. The number of aromatic nitrogens is 1. The monoisotopic (exact) mass is 290 g/mol. The smallest absolute Gasteiger partial charge is 0.225 e. The van der Waals surface area contributed by atoms with E-state index in [4.69, 9.17) is 4.74 Å². The summed E-state index contributed by atoms with van der Waals surface area (Å²) in [5.74, 6) is 0.0243.